The summed E-state index contributed by atoms with van der Waals surface area (Å²) < 4.78 is 5.08. The first-order valence-electron chi connectivity index (χ1n) is 3.20. The lowest BCUT2D eigenvalue weighted by Crippen LogP contribution is -2.22. The van der Waals surface area contributed by atoms with Crippen molar-refractivity contribution in [1.82, 2.24) is 0 Å². The lowest BCUT2D eigenvalue weighted by molar-refractivity contribution is -0.106. The van der Waals surface area contributed by atoms with Gasteiger partial charge in [-0.25, -0.2) is 0 Å². The first-order valence-corrected chi connectivity index (χ1v) is 6.61. The molecule has 0 spiro atoms. The largest absolute Gasteiger partial charge is 0.456 e. The molecule has 0 amide bonds. The zero-order valence-corrected chi connectivity index (χ0v) is 7.63. The van der Waals surface area contributed by atoms with Gasteiger partial charge in [0.15, 0.2) is 0 Å². The summed E-state index contributed by atoms with van der Waals surface area (Å²) in [6.07, 6.45) is 2.60. The van der Waals surface area contributed by atoms with E-state index in [1.807, 2.05) is 19.6 Å². The van der Waals surface area contributed by atoms with E-state index in [-0.39, 0.29) is 0 Å². The Hall–Kier alpha value is -0.643. The molecule has 10 heavy (non-hydrogen) atoms. The Balaban J connectivity index is 3.43. The molecular weight excluding hydrogens is 146 g/mol. The highest BCUT2D eigenvalue weighted by atomic mass is 28.4. The molecule has 0 aromatic carbocycles. The second-order valence-corrected chi connectivity index (χ2v) is 7.30. The Morgan fingerprint density at radius 2 is 2.10 bits per heavy atom. The van der Waals surface area contributed by atoms with Crippen LogP contribution in [0.25, 0.3) is 0 Å². The summed E-state index contributed by atoms with van der Waals surface area (Å²) in [7, 11) is -1.52. The van der Waals surface area contributed by atoms with Crippen LogP contribution in [-0.4, -0.2) is 20.8 Å². The summed E-state index contributed by atoms with van der Waals surface area (Å²) in [5.74, 6) is 0. The van der Waals surface area contributed by atoms with Crippen molar-refractivity contribution >= 4 is 20.8 Å². The molecule has 0 aromatic heterocycles. The van der Waals surface area contributed by atoms with E-state index < -0.39 is 8.32 Å². The van der Waals surface area contributed by atoms with Gasteiger partial charge in [-0.15, -0.1) is 5.16 Å². The fraction of sp³-hybridized carbons (Fsp3) is 0.667. The van der Waals surface area contributed by atoms with Crippen LogP contribution in [-0.2, 0) is 9.32 Å². The van der Waals surface area contributed by atoms with Crippen molar-refractivity contribution in [3.8, 4) is 0 Å². The van der Waals surface area contributed by atoms with E-state index >= 15 is 0 Å². The zero-order chi connectivity index (χ0) is 8.04. The predicted octanol–water partition coefficient (Wildman–Crippen LogP) is 1.41. The quantitative estimate of drug-likeness (QED) is 0.269. The predicted molar refractivity (Wildman–Crippen MR) is 43.6 cm³/mol. The van der Waals surface area contributed by atoms with Crippen molar-refractivity contribution in [3.05, 3.63) is 0 Å². The summed E-state index contributed by atoms with van der Waals surface area (Å²) in [6.45, 7) is 6.10. The van der Waals surface area contributed by atoms with Gasteiger partial charge in [-0.05, 0) is 19.6 Å². The number of carbonyl (C=O) groups excluding carboxylic acids is 1. The third kappa shape index (κ3) is 7.36. The number of aldehydes is 1. The first kappa shape index (κ1) is 9.36. The van der Waals surface area contributed by atoms with Crippen LogP contribution >= 0.6 is 0 Å². The van der Waals surface area contributed by atoms with Crippen LogP contribution in [0, 0.1) is 0 Å². The third-order valence-electron chi connectivity index (χ3n) is 0.603. The molecule has 0 bridgehead atoms. The van der Waals surface area contributed by atoms with Crippen LogP contribution < -0.4 is 0 Å². The zero-order valence-electron chi connectivity index (χ0n) is 6.63. The molecule has 0 radical (unpaired) electrons. The highest BCUT2D eigenvalue weighted by Gasteiger charge is 2.14. The molecule has 0 fully saturated rings. The van der Waals surface area contributed by atoms with E-state index in [2.05, 4.69) is 5.16 Å². The SMILES string of the molecule is C[Si](C)(C)O/N=C/CC=O. The third-order valence-corrected chi connectivity index (χ3v) is 1.26. The summed E-state index contributed by atoms with van der Waals surface area (Å²) in [6, 6.07) is 0. The highest BCUT2D eigenvalue weighted by Crippen LogP contribution is 2.01. The van der Waals surface area contributed by atoms with Gasteiger partial charge >= 0.3 is 0 Å². The van der Waals surface area contributed by atoms with Gasteiger partial charge in [0.2, 0.25) is 0 Å². The molecule has 3 nitrogen and oxygen atoms in total. The molecule has 0 aliphatic rings. The molecule has 0 N–H and O–H groups in total. The summed E-state index contributed by atoms with van der Waals surface area (Å²) in [5, 5.41) is 3.64. The second-order valence-electron chi connectivity index (χ2n) is 2.89. The maximum Gasteiger partial charge on any atom is 0.278 e. The Morgan fingerprint density at radius 1 is 1.50 bits per heavy atom. The maximum atomic E-state index is 9.79. The molecule has 58 valence electrons. The Morgan fingerprint density at radius 3 is 2.50 bits per heavy atom. The van der Waals surface area contributed by atoms with Crippen molar-refractivity contribution in [1.29, 1.82) is 0 Å². The standard InChI is InChI=1S/C6H13NO2Si/c1-10(2,3)9-7-5-4-6-8/h5-6H,4H2,1-3H3/b7-5+. The minimum Gasteiger partial charge on any atom is -0.456 e. The lowest BCUT2D eigenvalue weighted by atomic mass is 10.5. The van der Waals surface area contributed by atoms with E-state index in [1.165, 1.54) is 6.21 Å². The van der Waals surface area contributed by atoms with E-state index in [9.17, 15) is 4.79 Å². The Kier molecular flexibility index (Phi) is 3.95. The van der Waals surface area contributed by atoms with E-state index in [4.69, 9.17) is 4.53 Å². The summed E-state index contributed by atoms with van der Waals surface area (Å²) in [4.78, 5) is 9.79. The van der Waals surface area contributed by atoms with E-state index in [1.54, 1.807) is 0 Å². The molecule has 0 heterocycles. The topological polar surface area (TPSA) is 38.7 Å². The molecule has 0 rings (SSSR count). The normalized spacial score (nSPS) is 11.9. The number of nitrogens with zero attached hydrogens (tertiary/aromatic N) is 1. The first-order chi connectivity index (χ1) is 4.56. The molecule has 4 heteroatoms. The number of carbonyl (C=O) groups is 1. The number of rotatable bonds is 4. The number of oxime groups is 1. The minimum atomic E-state index is -1.52. The molecule has 0 saturated carbocycles. The van der Waals surface area contributed by atoms with E-state index in [0.717, 1.165) is 6.29 Å². The molecule has 0 aromatic rings. The van der Waals surface area contributed by atoms with Crippen LogP contribution in [0.15, 0.2) is 5.16 Å². The molecule has 0 aliphatic heterocycles. The average molecular weight is 159 g/mol. The van der Waals surface area contributed by atoms with Crippen LogP contribution in [0.1, 0.15) is 6.42 Å². The second kappa shape index (κ2) is 4.22. The average Bonchev–Trinajstić information content (AvgIpc) is 1.78. The van der Waals surface area contributed by atoms with Crippen LogP contribution in [0.4, 0.5) is 0 Å². The molecule has 0 aliphatic carbocycles. The summed E-state index contributed by atoms with van der Waals surface area (Å²) in [5.41, 5.74) is 0. The van der Waals surface area contributed by atoms with Gasteiger partial charge in [0.1, 0.15) is 6.29 Å². The van der Waals surface area contributed by atoms with Crippen LogP contribution in [0.2, 0.25) is 19.6 Å². The fourth-order valence-electron chi connectivity index (χ4n) is 0.281. The number of hydrogen-bond donors (Lipinski definition) is 0. The fourth-order valence-corrected chi connectivity index (χ4v) is 0.672. The van der Waals surface area contributed by atoms with Gasteiger partial charge in [0.25, 0.3) is 8.32 Å². The molecule has 0 unspecified atom stereocenters. The van der Waals surface area contributed by atoms with Crippen molar-refractivity contribution in [2.75, 3.05) is 0 Å². The van der Waals surface area contributed by atoms with Crippen molar-refractivity contribution in [2.24, 2.45) is 5.16 Å². The van der Waals surface area contributed by atoms with Crippen LogP contribution in [0.5, 0.6) is 0 Å². The minimum absolute atomic E-state index is 0.338. The Labute approximate surface area is 62.2 Å². The maximum absolute atomic E-state index is 9.79. The van der Waals surface area contributed by atoms with Crippen molar-refractivity contribution in [2.45, 2.75) is 26.1 Å². The molecule has 0 saturated heterocycles. The Bertz CT molecular complexity index is 128. The van der Waals surface area contributed by atoms with Crippen molar-refractivity contribution in [3.63, 3.8) is 0 Å². The van der Waals surface area contributed by atoms with Crippen LogP contribution in [0.3, 0.4) is 0 Å². The van der Waals surface area contributed by atoms with Gasteiger partial charge in [-0.3, -0.25) is 0 Å². The molecule has 0 atom stereocenters. The monoisotopic (exact) mass is 159 g/mol. The van der Waals surface area contributed by atoms with Gasteiger partial charge < -0.3 is 9.32 Å². The van der Waals surface area contributed by atoms with Gasteiger partial charge in [0, 0.05) is 12.6 Å². The van der Waals surface area contributed by atoms with Gasteiger partial charge in [0.05, 0.1) is 0 Å². The van der Waals surface area contributed by atoms with E-state index in [0.29, 0.717) is 6.42 Å². The van der Waals surface area contributed by atoms with Gasteiger partial charge in [-0.1, -0.05) is 0 Å². The van der Waals surface area contributed by atoms with Crippen molar-refractivity contribution < 1.29 is 9.32 Å². The van der Waals surface area contributed by atoms with Gasteiger partial charge in [-0.2, -0.15) is 0 Å². The summed E-state index contributed by atoms with van der Waals surface area (Å²) >= 11 is 0. The lowest BCUT2D eigenvalue weighted by Gasteiger charge is -2.11. The highest BCUT2D eigenvalue weighted by molar-refractivity contribution is 6.69. The smallest absolute Gasteiger partial charge is 0.278 e. The number of hydrogen-bond acceptors (Lipinski definition) is 3. The molecular formula is C6H13NO2Si.